The van der Waals surface area contributed by atoms with Crippen LogP contribution in [0.3, 0.4) is 0 Å². The fraction of sp³-hybridized carbons (Fsp3) is 0.333. The number of halogens is 1. The van der Waals surface area contributed by atoms with Crippen LogP contribution >= 0.6 is 15.9 Å². The zero-order chi connectivity index (χ0) is 14.8. The van der Waals surface area contributed by atoms with E-state index in [9.17, 15) is 5.11 Å². The van der Waals surface area contributed by atoms with Crippen LogP contribution in [0.5, 0.6) is 5.75 Å². The number of hydrogen-bond acceptors (Lipinski definition) is 2. The highest BCUT2D eigenvalue weighted by atomic mass is 79.9. The van der Waals surface area contributed by atoms with E-state index >= 15 is 0 Å². The molecule has 1 unspecified atom stereocenters. The summed E-state index contributed by atoms with van der Waals surface area (Å²) in [5.41, 5.74) is 4.69. The largest absolute Gasteiger partial charge is 0.493 e. The zero-order valence-electron chi connectivity index (χ0n) is 12.1. The molecule has 0 fully saturated rings. The van der Waals surface area contributed by atoms with Gasteiger partial charge in [-0.2, -0.15) is 0 Å². The van der Waals surface area contributed by atoms with E-state index in [-0.39, 0.29) is 0 Å². The lowest BCUT2D eigenvalue weighted by Crippen LogP contribution is -2.02. The molecule has 3 rings (SSSR count). The van der Waals surface area contributed by atoms with Crippen molar-refractivity contribution in [3.63, 3.8) is 0 Å². The number of fused-ring (bicyclic) bond motifs is 1. The van der Waals surface area contributed by atoms with Crippen molar-refractivity contribution in [2.24, 2.45) is 0 Å². The Kier molecular flexibility index (Phi) is 4.32. The minimum atomic E-state index is -0.424. The van der Waals surface area contributed by atoms with Crippen LogP contribution in [-0.4, -0.2) is 11.7 Å². The normalized spacial score (nSPS) is 14.6. The molecule has 1 heterocycles. The highest BCUT2D eigenvalue weighted by Crippen LogP contribution is 2.29. The fourth-order valence-electron chi connectivity index (χ4n) is 2.84. The van der Waals surface area contributed by atoms with E-state index < -0.39 is 6.10 Å². The van der Waals surface area contributed by atoms with Gasteiger partial charge in [0.25, 0.3) is 0 Å². The van der Waals surface area contributed by atoms with E-state index in [1.54, 1.807) is 0 Å². The molecule has 0 saturated carbocycles. The monoisotopic (exact) mass is 346 g/mol. The second-order valence-electron chi connectivity index (χ2n) is 5.55. The molecule has 2 nitrogen and oxygen atoms in total. The summed E-state index contributed by atoms with van der Waals surface area (Å²) < 4.78 is 6.57. The molecule has 0 radical (unpaired) electrons. The van der Waals surface area contributed by atoms with Crippen molar-refractivity contribution in [1.29, 1.82) is 0 Å². The van der Waals surface area contributed by atoms with Gasteiger partial charge in [-0.15, -0.1) is 0 Å². The van der Waals surface area contributed by atoms with E-state index in [0.29, 0.717) is 0 Å². The van der Waals surface area contributed by atoms with Gasteiger partial charge in [-0.05, 0) is 54.2 Å². The molecule has 1 atom stereocenters. The minimum absolute atomic E-state index is 0.424. The third kappa shape index (κ3) is 3.14. The summed E-state index contributed by atoms with van der Waals surface area (Å²) in [6, 6.07) is 12.3. The number of aliphatic hydroxyl groups excluding tert-OH is 1. The third-order valence-electron chi connectivity index (χ3n) is 4.13. The Morgan fingerprint density at radius 3 is 3.00 bits per heavy atom. The molecule has 0 saturated heterocycles. The Labute approximate surface area is 133 Å². The lowest BCUT2D eigenvalue weighted by Gasteiger charge is -2.15. The summed E-state index contributed by atoms with van der Waals surface area (Å²) in [5, 5.41) is 10.4. The molecule has 110 valence electrons. The Balaban J connectivity index is 1.68. The predicted octanol–water partition coefficient (Wildman–Crippen LogP) is 4.36. The topological polar surface area (TPSA) is 29.5 Å². The summed E-state index contributed by atoms with van der Waals surface area (Å²) in [5.74, 6) is 1.02. The van der Waals surface area contributed by atoms with E-state index in [1.807, 2.05) is 25.1 Å². The first kappa shape index (κ1) is 14.6. The smallest absolute Gasteiger partial charge is 0.122 e. The number of aliphatic hydroxyl groups is 1. The number of hydrogen-bond donors (Lipinski definition) is 1. The fourth-order valence-corrected chi connectivity index (χ4v) is 3.22. The molecule has 0 amide bonds. The average Bonchev–Trinajstić information content (AvgIpc) is 2.95. The standard InChI is InChI=1S/C18H19BrO2/c1-12-15(3-2-4-16(12)19)17(20)7-5-13-6-8-18-14(11-13)9-10-21-18/h2-4,6,8,11,17,20H,5,7,9-10H2,1H3. The van der Waals surface area contributed by atoms with Gasteiger partial charge in [-0.1, -0.05) is 40.2 Å². The molecular formula is C18H19BrO2. The van der Waals surface area contributed by atoms with E-state index in [0.717, 1.165) is 47.2 Å². The average molecular weight is 347 g/mol. The van der Waals surface area contributed by atoms with Gasteiger partial charge in [0, 0.05) is 10.9 Å². The lowest BCUT2D eigenvalue weighted by atomic mass is 9.97. The molecule has 0 spiro atoms. The maximum absolute atomic E-state index is 10.4. The van der Waals surface area contributed by atoms with E-state index in [2.05, 4.69) is 34.1 Å². The highest BCUT2D eigenvalue weighted by molar-refractivity contribution is 9.10. The van der Waals surface area contributed by atoms with Crippen molar-refractivity contribution in [2.45, 2.75) is 32.3 Å². The van der Waals surface area contributed by atoms with Crippen LogP contribution in [-0.2, 0) is 12.8 Å². The summed E-state index contributed by atoms with van der Waals surface area (Å²) in [6.45, 7) is 2.83. The SMILES string of the molecule is Cc1c(Br)cccc1C(O)CCc1ccc2c(c1)CCO2. The molecule has 1 aliphatic rings. The Bertz CT molecular complexity index is 652. The number of aryl methyl sites for hydroxylation is 1. The van der Waals surface area contributed by atoms with Gasteiger partial charge >= 0.3 is 0 Å². The van der Waals surface area contributed by atoms with Gasteiger partial charge in [0.1, 0.15) is 5.75 Å². The van der Waals surface area contributed by atoms with Gasteiger partial charge in [0.15, 0.2) is 0 Å². The van der Waals surface area contributed by atoms with Gasteiger partial charge in [-0.25, -0.2) is 0 Å². The van der Waals surface area contributed by atoms with Crippen LogP contribution in [0, 0.1) is 6.92 Å². The first-order chi connectivity index (χ1) is 10.1. The first-order valence-electron chi connectivity index (χ1n) is 7.33. The molecule has 2 aromatic rings. The maximum Gasteiger partial charge on any atom is 0.122 e. The van der Waals surface area contributed by atoms with Crippen molar-refractivity contribution in [3.05, 3.63) is 63.1 Å². The Morgan fingerprint density at radius 1 is 1.29 bits per heavy atom. The molecule has 2 aromatic carbocycles. The van der Waals surface area contributed by atoms with Gasteiger partial charge in [-0.3, -0.25) is 0 Å². The van der Waals surface area contributed by atoms with E-state index in [4.69, 9.17) is 4.74 Å². The Morgan fingerprint density at radius 2 is 2.14 bits per heavy atom. The maximum atomic E-state index is 10.4. The van der Waals surface area contributed by atoms with Crippen molar-refractivity contribution in [2.75, 3.05) is 6.61 Å². The highest BCUT2D eigenvalue weighted by Gasteiger charge is 2.14. The number of benzene rings is 2. The molecule has 3 heteroatoms. The van der Waals surface area contributed by atoms with Gasteiger partial charge in [0.2, 0.25) is 0 Å². The molecule has 0 aromatic heterocycles. The second kappa shape index (κ2) is 6.20. The number of ether oxygens (including phenoxy) is 1. The predicted molar refractivity (Wildman–Crippen MR) is 87.8 cm³/mol. The quantitative estimate of drug-likeness (QED) is 0.891. The Hall–Kier alpha value is -1.32. The van der Waals surface area contributed by atoms with Crippen molar-refractivity contribution < 1.29 is 9.84 Å². The molecule has 0 aliphatic carbocycles. The summed E-state index contributed by atoms with van der Waals surface area (Å²) in [4.78, 5) is 0. The third-order valence-corrected chi connectivity index (χ3v) is 4.99. The van der Waals surface area contributed by atoms with Crippen LogP contribution in [0.1, 0.15) is 34.8 Å². The van der Waals surface area contributed by atoms with Crippen molar-refractivity contribution >= 4 is 15.9 Å². The van der Waals surface area contributed by atoms with Crippen LogP contribution in [0.2, 0.25) is 0 Å². The van der Waals surface area contributed by atoms with Crippen LogP contribution in [0.25, 0.3) is 0 Å². The van der Waals surface area contributed by atoms with Crippen molar-refractivity contribution in [3.8, 4) is 5.75 Å². The first-order valence-corrected chi connectivity index (χ1v) is 8.12. The second-order valence-corrected chi connectivity index (χ2v) is 6.40. The summed E-state index contributed by atoms with van der Waals surface area (Å²) >= 11 is 3.52. The molecular weight excluding hydrogens is 328 g/mol. The van der Waals surface area contributed by atoms with E-state index in [1.165, 1.54) is 11.1 Å². The molecule has 1 aliphatic heterocycles. The lowest BCUT2D eigenvalue weighted by molar-refractivity contribution is 0.167. The molecule has 1 N–H and O–H groups in total. The number of rotatable bonds is 4. The zero-order valence-corrected chi connectivity index (χ0v) is 13.7. The van der Waals surface area contributed by atoms with Crippen LogP contribution < -0.4 is 4.74 Å². The van der Waals surface area contributed by atoms with Gasteiger partial charge < -0.3 is 9.84 Å². The van der Waals surface area contributed by atoms with Crippen LogP contribution in [0.4, 0.5) is 0 Å². The van der Waals surface area contributed by atoms with Crippen LogP contribution in [0.15, 0.2) is 40.9 Å². The molecule has 21 heavy (non-hydrogen) atoms. The summed E-state index contributed by atoms with van der Waals surface area (Å²) in [7, 11) is 0. The molecule has 0 bridgehead atoms. The van der Waals surface area contributed by atoms with Crippen molar-refractivity contribution in [1.82, 2.24) is 0 Å². The minimum Gasteiger partial charge on any atom is -0.493 e. The van der Waals surface area contributed by atoms with Gasteiger partial charge in [0.05, 0.1) is 12.7 Å². The summed E-state index contributed by atoms with van der Waals surface area (Å²) in [6.07, 6.45) is 2.18.